The van der Waals surface area contributed by atoms with Gasteiger partial charge in [0, 0.05) is 34.8 Å². The molecule has 0 spiro atoms. The average molecular weight is 388 g/mol. The molecule has 2 aromatic carbocycles. The van der Waals surface area contributed by atoms with Gasteiger partial charge in [0.15, 0.2) is 11.5 Å². The Morgan fingerprint density at radius 3 is 2.86 bits per heavy atom. The van der Waals surface area contributed by atoms with Gasteiger partial charge in [0.05, 0.1) is 11.9 Å². The number of nitrogens with zero attached hydrogens (tertiary/aromatic N) is 1. The molecule has 6 heteroatoms. The minimum absolute atomic E-state index is 0.588. The zero-order chi connectivity index (χ0) is 19.5. The molecule has 0 saturated heterocycles. The first-order chi connectivity index (χ1) is 14.4. The normalized spacial score (nSPS) is 13.1. The predicted molar refractivity (Wildman–Crippen MR) is 113 cm³/mol. The Balaban J connectivity index is 1.18. The number of ether oxygens (including phenoxy) is 2. The van der Waals surface area contributed by atoms with E-state index < -0.39 is 0 Å². The third-order valence-corrected chi connectivity index (χ3v) is 5.34. The molecule has 29 heavy (non-hydrogen) atoms. The Labute approximate surface area is 169 Å². The van der Waals surface area contributed by atoms with Crippen LogP contribution in [0.25, 0.3) is 22.2 Å². The van der Waals surface area contributed by atoms with E-state index in [-0.39, 0.29) is 0 Å². The summed E-state index contributed by atoms with van der Waals surface area (Å²) in [5.74, 6) is 1.59. The van der Waals surface area contributed by atoms with Gasteiger partial charge in [0.25, 0.3) is 0 Å². The smallest absolute Gasteiger partial charge is 0.162 e. The number of aromatic amines is 2. The summed E-state index contributed by atoms with van der Waals surface area (Å²) in [6, 6.07) is 14.5. The van der Waals surface area contributed by atoms with E-state index in [4.69, 9.17) is 9.47 Å². The molecule has 4 aromatic rings. The minimum Gasteiger partial charge on any atom is -0.486 e. The van der Waals surface area contributed by atoms with Gasteiger partial charge in [-0.2, -0.15) is 5.10 Å². The van der Waals surface area contributed by atoms with Crippen molar-refractivity contribution >= 4 is 10.9 Å². The van der Waals surface area contributed by atoms with Crippen LogP contribution in [0, 0.1) is 0 Å². The zero-order valence-electron chi connectivity index (χ0n) is 16.2. The lowest BCUT2D eigenvalue weighted by molar-refractivity contribution is 0.171. The van der Waals surface area contributed by atoms with Crippen LogP contribution in [0.4, 0.5) is 0 Å². The van der Waals surface area contributed by atoms with Crippen LogP contribution in [0.15, 0.2) is 54.9 Å². The quantitative estimate of drug-likeness (QED) is 0.418. The van der Waals surface area contributed by atoms with Gasteiger partial charge in [0.1, 0.15) is 13.2 Å². The fourth-order valence-electron chi connectivity index (χ4n) is 3.86. The summed E-state index contributed by atoms with van der Waals surface area (Å²) in [4.78, 5) is 3.35. The first-order valence-electron chi connectivity index (χ1n) is 10.1. The maximum Gasteiger partial charge on any atom is 0.162 e. The van der Waals surface area contributed by atoms with Crippen molar-refractivity contribution in [2.45, 2.75) is 19.4 Å². The molecule has 5 rings (SSSR count). The molecule has 148 valence electrons. The summed E-state index contributed by atoms with van der Waals surface area (Å²) >= 11 is 0. The van der Waals surface area contributed by atoms with Crippen LogP contribution in [0.5, 0.6) is 11.5 Å². The van der Waals surface area contributed by atoms with E-state index in [1.807, 2.05) is 24.4 Å². The molecule has 1 aliphatic heterocycles. The lowest BCUT2D eigenvalue weighted by Gasteiger charge is -2.18. The Bertz CT molecular complexity index is 1110. The number of rotatable bonds is 7. The van der Waals surface area contributed by atoms with Gasteiger partial charge in [-0.15, -0.1) is 0 Å². The van der Waals surface area contributed by atoms with Gasteiger partial charge < -0.3 is 19.8 Å². The van der Waals surface area contributed by atoms with E-state index in [9.17, 15) is 0 Å². The molecule has 0 unspecified atom stereocenters. The third kappa shape index (κ3) is 3.71. The number of nitrogens with one attached hydrogen (secondary N) is 3. The van der Waals surface area contributed by atoms with E-state index in [1.54, 1.807) is 0 Å². The third-order valence-electron chi connectivity index (χ3n) is 5.34. The van der Waals surface area contributed by atoms with Gasteiger partial charge in [-0.25, -0.2) is 0 Å². The van der Waals surface area contributed by atoms with Crippen molar-refractivity contribution in [3.8, 4) is 22.8 Å². The van der Waals surface area contributed by atoms with E-state index in [0.717, 1.165) is 54.3 Å². The second kappa shape index (κ2) is 8.01. The maximum atomic E-state index is 5.70. The van der Waals surface area contributed by atoms with Crippen molar-refractivity contribution in [3.63, 3.8) is 0 Å². The van der Waals surface area contributed by atoms with E-state index in [0.29, 0.717) is 13.2 Å². The molecule has 0 radical (unpaired) electrons. The monoisotopic (exact) mass is 388 g/mol. The highest BCUT2D eigenvalue weighted by Gasteiger charge is 2.15. The fourth-order valence-corrected chi connectivity index (χ4v) is 3.86. The van der Waals surface area contributed by atoms with Crippen molar-refractivity contribution in [1.29, 1.82) is 0 Å². The van der Waals surface area contributed by atoms with Crippen molar-refractivity contribution in [3.05, 3.63) is 66.0 Å². The number of fused-ring (bicyclic) bond motifs is 2. The summed E-state index contributed by atoms with van der Waals surface area (Å²) in [6.07, 6.45) is 6.15. The van der Waals surface area contributed by atoms with Crippen LogP contribution in [0.2, 0.25) is 0 Å². The van der Waals surface area contributed by atoms with Crippen LogP contribution < -0.4 is 14.8 Å². The molecule has 0 aliphatic carbocycles. The fraction of sp³-hybridized carbons (Fsp3) is 0.261. The molecular formula is C23H24N4O2. The Morgan fingerprint density at radius 2 is 1.90 bits per heavy atom. The number of benzene rings is 2. The number of H-pyrrole nitrogens is 2. The van der Waals surface area contributed by atoms with E-state index in [2.05, 4.69) is 51.0 Å². The second-order valence-corrected chi connectivity index (χ2v) is 7.27. The topological polar surface area (TPSA) is 75.0 Å². The Hall–Kier alpha value is -3.25. The largest absolute Gasteiger partial charge is 0.486 e. The van der Waals surface area contributed by atoms with Crippen molar-refractivity contribution in [2.24, 2.45) is 0 Å². The number of aromatic nitrogens is 3. The van der Waals surface area contributed by atoms with Gasteiger partial charge in [-0.05, 0) is 49.2 Å². The number of aryl methyl sites for hydroxylation is 1. The first kappa shape index (κ1) is 17.8. The maximum absolute atomic E-state index is 5.70. The van der Waals surface area contributed by atoms with Gasteiger partial charge >= 0.3 is 0 Å². The molecular weight excluding hydrogens is 364 g/mol. The highest BCUT2D eigenvalue weighted by Crippen LogP contribution is 2.34. The number of hydrogen-bond acceptors (Lipinski definition) is 4. The lowest BCUT2D eigenvalue weighted by Crippen LogP contribution is -2.16. The molecule has 0 atom stereocenters. The Morgan fingerprint density at radius 1 is 1.00 bits per heavy atom. The molecule has 3 N–H and O–H groups in total. The van der Waals surface area contributed by atoms with Gasteiger partial charge in [0.2, 0.25) is 0 Å². The summed E-state index contributed by atoms with van der Waals surface area (Å²) in [5, 5.41) is 12.2. The van der Waals surface area contributed by atoms with Crippen LogP contribution >= 0.6 is 0 Å². The summed E-state index contributed by atoms with van der Waals surface area (Å²) < 4.78 is 11.3. The number of para-hydroxylation sites is 1. The molecule has 0 saturated carbocycles. The predicted octanol–water partition coefficient (Wildman–Crippen LogP) is 4.05. The second-order valence-electron chi connectivity index (χ2n) is 7.27. The standard InChI is InChI=1S/C23H24N4O2/c1-2-6-20-19(5-1)17(14-25-20)4-3-9-24-13-18-15-26-27-23(18)16-7-8-21-22(12-16)29-11-10-28-21/h1-2,5-8,12,14-15,24-25H,3-4,9-11,13H2,(H,26,27). The first-order valence-corrected chi connectivity index (χ1v) is 10.1. The van der Waals surface area contributed by atoms with Crippen LogP contribution in [0.1, 0.15) is 17.5 Å². The van der Waals surface area contributed by atoms with Crippen molar-refractivity contribution in [2.75, 3.05) is 19.8 Å². The van der Waals surface area contributed by atoms with E-state index in [1.165, 1.54) is 16.5 Å². The van der Waals surface area contributed by atoms with Crippen LogP contribution in [-0.2, 0) is 13.0 Å². The summed E-state index contributed by atoms with van der Waals surface area (Å²) in [6.45, 7) is 2.91. The van der Waals surface area contributed by atoms with Gasteiger partial charge in [-0.1, -0.05) is 18.2 Å². The lowest BCUT2D eigenvalue weighted by atomic mass is 10.1. The van der Waals surface area contributed by atoms with Crippen LogP contribution in [0.3, 0.4) is 0 Å². The average Bonchev–Trinajstić information content (AvgIpc) is 3.40. The van der Waals surface area contributed by atoms with Gasteiger partial charge in [-0.3, -0.25) is 5.10 Å². The summed E-state index contributed by atoms with van der Waals surface area (Å²) in [7, 11) is 0. The molecule has 0 amide bonds. The Kier molecular flexibility index (Phi) is 4.92. The highest BCUT2D eigenvalue weighted by molar-refractivity contribution is 5.83. The minimum atomic E-state index is 0.588. The SMILES string of the molecule is c1ccc2c(CCCNCc3cn[nH]c3-c3ccc4c(c3)OCCO4)c[nH]c2c1. The molecule has 6 nitrogen and oxygen atoms in total. The van der Waals surface area contributed by atoms with Crippen LogP contribution in [-0.4, -0.2) is 34.9 Å². The number of hydrogen-bond donors (Lipinski definition) is 3. The molecule has 0 fully saturated rings. The zero-order valence-corrected chi connectivity index (χ0v) is 16.2. The molecule has 2 aromatic heterocycles. The van der Waals surface area contributed by atoms with Crippen molar-refractivity contribution in [1.82, 2.24) is 20.5 Å². The summed E-state index contributed by atoms with van der Waals surface area (Å²) in [5.41, 5.74) is 5.81. The van der Waals surface area contributed by atoms with E-state index >= 15 is 0 Å². The highest BCUT2D eigenvalue weighted by atomic mass is 16.6. The van der Waals surface area contributed by atoms with Crippen molar-refractivity contribution < 1.29 is 9.47 Å². The molecule has 3 heterocycles. The molecule has 1 aliphatic rings. The molecule has 0 bridgehead atoms.